The van der Waals surface area contributed by atoms with Crippen molar-refractivity contribution in [2.45, 2.75) is 32.2 Å². The van der Waals surface area contributed by atoms with Gasteiger partial charge in [-0.2, -0.15) is 4.98 Å². The van der Waals surface area contributed by atoms with Crippen LogP contribution in [0.5, 0.6) is 5.75 Å². The standard InChI is InChI=1S/C18H21N3O5/c1-12-19-17(26-20-12)11-24-16-8-21(9-16)18(22)13-2-4-14(5-3-13)25-15-6-7-23-10-15/h2-5,15-16H,6-11H2,1H3. The van der Waals surface area contributed by atoms with Crippen LogP contribution in [0.15, 0.2) is 28.8 Å². The SMILES string of the molecule is Cc1noc(COC2CN(C(=O)c3ccc(OC4CCOC4)cc3)C2)n1. The maximum atomic E-state index is 12.5. The van der Waals surface area contributed by atoms with Gasteiger partial charge in [-0.15, -0.1) is 0 Å². The first-order valence-electron chi connectivity index (χ1n) is 8.72. The van der Waals surface area contributed by atoms with Gasteiger partial charge in [0.05, 0.1) is 19.3 Å². The Morgan fingerprint density at radius 1 is 1.27 bits per heavy atom. The van der Waals surface area contributed by atoms with Gasteiger partial charge in [0.15, 0.2) is 5.82 Å². The van der Waals surface area contributed by atoms with Gasteiger partial charge < -0.3 is 23.6 Å². The van der Waals surface area contributed by atoms with Gasteiger partial charge in [0, 0.05) is 25.1 Å². The average molecular weight is 359 g/mol. The fourth-order valence-electron chi connectivity index (χ4n) is 2.95. The van der Waals surface area contributed by atoms with Crippen molar-refractivity contribution >= 4 is 5.91 Å². The summed E-state index contributed by atoms with van der Waals surface area (Å²) in [6, 6.07) is 7.25. The van der Waals surface area contributed by atoms with E-state index in [2.05, 4.69) is 10.1 Å². The number of carbonyl (C=O) groups is 1. The zero-order valence-corrected chi connectivity index (χ0v) is 14.6. The van der Waals surface area contributed by atoms with Crippen molar-refractivity contribution in [1.82, 2.24) is 15.0 Å². The first-order chi connectivity index (χ1) is 12.7. The predicted octanol–water partition coefficient (Wildman–Crippen LogP) is 1.59. The van der Waals surface area contributed by atoms with Gasteiger partial charge in [0.1, 0.15) is 18.5 Å². The molecule has 2 aliphatic rings. The molecule has 2 saturated heterocycles. The highest BCUT2D eigenvalue weighted by Gasteiger charge is 2.32. The number of aryl methyl sites for hydroxylation is 1. The minimum atomic E-state index is -0.00534. The lowest BCUT2D eigenvalue weighted by atomic mass is 10.1. The number of hydrogen-bond acceptors (Lipinski definition) is 7. The zero-order chi connectivity index (χ0) is 17.9. The van der Waals surface area contributed by atoms with E-state index in [9.17, 15) is 4.79 Å². The quantitative estimate of drug-likeness (QED) is 0.774. The smallest absolute Gasteiger partial charge is 0.254 e. The molecular formula is C18H21N3O5. The molecule has 2 aliphatic heterocycles. The summed E-state index contributed by atoms with van der Waals surface area (Å²) in [5, 5.41) is 3.71. The monoisotopic (exact) mass is 359 g/mol. The molecule has 8 heteroatoms. The summed E-state index contributed by atoms with van der Waals surface area (Å²) in [6.07, 6.45) is 1.00. The first-order valence-corrected chi connectivity index (χ1v) is 8.72. The molecule has 1 amide bonds. The topological polar surface area (TPSA) is 86.9 Å². The van der Waals surface area contributed by atoms with Crippen molar-refractivity contribution in [3.05, 3.63) is 41.5 Å². The van der Waals surface area contributed by atoms with Crippen molar-refractivity contribution in [1.29, 1.82) is 0 Å². The van der Waals surface area contributed by atoms with Crippen LogP contribution >= 0.6 is 0 Å². The molecule has 1 aromatic carbocycles. The summed E-state index contributed by atoms with van der Waals surface area (Å²) in [6.45, 7) is 4.51. The van der Waals surface area contributed by atoms with Crippen LogP contribution < -0.4 is 4.74 Å². The maximum absolute atomic E-state index is 12.5. The Bertz CT molecular complexity index is 748. The fourth-order valence-corrected chi connectivity index (χ4v) is 2.95. The molecule has 4 rings (SSSR count). The van der Waals surface area contributed by atoms with Gasteiger partial charge >= 0.3 is 0 Å². The van der Waals surface area contributed by atoms with Gasteiger partial charge in [-0.1, -0.05) is 5.16 Å². The molecule has 1 unspecified atom stereocenters. The Labute approximate surface area is 151 Å². The van der Waals surface area contributed by atoms with Gasteiger partial charge in [0.2, 0.25) is 0 Å². The van der Waals surface area contributed by atoms with E-state index >= 15 is 0 Å². The van der Waals surface area contributed by atoms with Crippen LogP contribution in [0.4, 0.5) is 0 Å². The van der Waals surface area contributed by atoms with E-state index in [4.69, 9.17) is 18.7 Å². The minimum absolute atomic E-state index is 0.00358. The Morgan fingerprint density at radius 3 is 2.73 bits per heavy atom. The van der Waals surface area contributed by atoms with E-state index in [1.165, 1.54) is 0 Å². The molecule has 0 spiro atoms. The van der Waals surface area contributed by atoms with Gasteiger partial charge in [0.25, 0.3) is 11.8 Å². The fraction of sp³-hybridized carbons (Fsp3) is 0.500. The van der Waals surface area contributed by atoms with E-state index in [1.807, 2.05) is 12.1 Å². The van der Waals surface area contributed by atoms with Crippen molar-refractivity contribution in [3.63, 3.8) is 0 Å². The Morgan fingerprint density at radius 2 is 2.08 bits per heavy atom. The second kappa shape index (κ2) is 7.43. The highest BCUT2D eigenvalue weighted by molar-refractivity contribution is 5.94. The van der Waals surface area contributed by atoms with Crippen LogP contribution in [0.3, 0.4) is 0 Å². The normalized spacial score (nSPS) is 20.2. The average Bonchev–Trinajstić information content (AvgIpc) is 3.25. The lowest BCUT2D eigenvalue weighted by Crippen LogP contribution is -2.54. The maximum Gasteiger partial charge on any atom is 0.254 e. The van der Waals surface area contributed by atoms with Gasteiger partial charge in [-0.3, -0.25) is 4.79 Å². The first kappa shape index (κ1) is 17.0. The summed E-state index contributed by atoms with van der Waals surface area (Å²) in [7, 11) is 0. The molecule has 0 saturated carbocycles. The summed E-state index contributed by atoms with van der Waals surface area (Å²) < 4.78 is 21.8. The summed E-state index contributed by atoms with van der Waals surface area (Å²) >= 11 is 0. The van der Waals surface area contributed by atoms with E-state index in [0.29, 0.717) is 37.0 Å². The van der Waals surface area contributed by atoms with Crippen LogP contribution in [0.2, 0.25) is 0 Å². The molecule has 3 heterocycles. The molecule has 8 nitrogen and oxygen atoms in total. The van der Waals surface area contributed by atoms with Crippen LogP contribution in [0.25, 0.3) is 0 Å². The van der Waals surface area contributed by atoms with Crippen molar-refractivity contribution in [3.8, 4) is 5.75 Å². The third-order valence-corrected chi connectivity index (χ3v) is 4.44. The summed E-state index contributed by atoms with van der Waals surface area (Å²) in [4.78, 5) is 18.3. The Kier molecular flexibility index (Phi) is 4.85. The molecule has 0 bridgehead atoms. The molecule has 2 fully saturated rings. The number of benzene rings is 1. The van der Waals surface area contributed by atoms with Gasteiger partial charge in [-0.25, -0.2) is 0 Å². The lowest BCUT2D eigenvalue weighted by Gasteiger charge is -2.38. The molecule has 0 aliphatic carbocycles. The van der Waals surface area contributed by atoms with E-state index in [1.54, 1.807) is 24.0 Å². The molecule has 2 aromatic rings. The number of aromatic nitrogens is 2. The van der Waals surface area contributed by atoms with Crippen molar-refractivity contribution in [2.24, 2.45) is 0 Å². The number of rotatable bonds is 6. The van der Waals surface area contributed by atoms with Crippen molar-refractivity contribution < 1.29 is 23.5 Å². The Hall–Kier alpha value is -2.45. The molecule has 138 valence electrons. The van der Waals surface area contributed by atoms with Crippen molar-refractivity contribution in [2.75, 3.05) is 26.3 Å². The Balaban J connectivity index is 1.23. The van der Waals surface area contributed by atoms with Crippen LogP contribution in [-0.2, 0) is 16.1 Å². The van der Waals surface area contributed by atoms with Crippen LogP contribution in [-0.4, -0.2) is 59.5 Å². The second-order valence-electron chi connectivity index (χ2n) is 6.51. The third kappa shape index (κ3) is 3.86. The van der Waals surface area contributed by atoms with E-state index in [-0.39, 0.29) is 24.7 Å². The third-order valence-electron chi connectivity index (χ3n) is 4.44. The number of likely N-dealkylation sites (tertiary alicyclic amines) is 1. The number of carbonyl (C=O) groups excluding carboxylic acids is 1. The number of amides is 1. The molecule has 1 aromatic heterocycles. The van der Waals surface area contributed by atoms with Gasteiger partial charge in [-0.05, 0) is 31.2 Å². The van der Waals surface area contributed by atoms with Crippen LogP contribution in [0, 0.1) is 6.92 Å². The number of hydrogen-bond donors (Lipinski definition) is 0. The highest BCUT2D eigenvalue weighted by Crippen LogP contribution is 2.21. The highest BCUT2D eigenvalue weighted by atomic mass is 16.5. The van der Waals surface area contributed by atoms with E-state index < -0.39 is 0 Å². The van der Waals surface area contributed by atoms with E-state index in [0.717, 1.165) is 18.8 Å². The molecule has 1 atom stereocenters. The molecule has 0 N–H and O–H groups in total. The predicted molar refractivity (Wildman–Crippen MR) is 89.8 cm³/mol. The molecule has 26 heavy (non-hydrogen) atoms. The minimum Gasteiger partial charge on any atom is -0.488 e. The lowest BCUT2D eigenvalue weighted by molar-refractivity contribution is -0.0568. The number of nitrogens with zero attached hydrogens (tertiary/aromatic N) is 3. The summed E-state index contributed by atoms with van der Waals surface area (Å²) in [5.74, 6) is 1.79. The second-order valence-corrected chi connectivity index (χ2v) is 6.51. The van der Waals surface area contributed by atoms with Crippen LogP contribution in [0.1, 0.15) is 28.5 Å². The largest absolute Gasteiger partial charge is 0.488 e. The zero-order valence-electron chi connectivity index (χ0n) is 14.6. The molecule has 0 radical (unpaired) electrons. The molecular weight excluding hydrogens is 338 g/mol. The number of ether oxygens (including phenoxy) is 3. The summed E-state index contributed by atoms with van der Waals surface area (Å²) in [5.41, 5.74) is 0.644.